The van der Waals surface area contributed by atoms with Crippen molar-refractivity contribution in [1.29, 1.82) is 0 Å². The zero-order chi connectivity index (χ0) is 22.7. The van der Waals surface area contributed by atoms with E-state index in [0.29, 0.717) is 24.2 Å². The molecule has 1 aromatic heterocycles. The summed E-state index contributed by atoms with van der Waals surface area (Å²) in [5, 5.41) is 15.0. The van der Waals surface area contributed by atoms with Crippen molar-refractivity contribution in [3.63, 3.8) is 0 Å². The van der Waals surface area contributed by atoms with Gasteiger partial charge >= 0.3 is 5.97 Å². The highest BCUT2D eigenvalue weighted by Gasteiger charge is 2.23. The van der Waals surface area contributed by atoms with Gasteiger partial charge in [-0.2, -0.15) is 0 Å². The standard InChI is InChI=1S/C26H24ClFN2O2/c1-17-10-11-20-21(15-29-13-12-18-6-2-4-8-22(18)27)25(26(31)32)30(24(20)14-17)16-19-7-3-5-9-23(19)28/h2-11,14,29H,12-13,15-16H2,1H3,(H,31,32). The first-order valence-corrected chi connectivity index (χ1v) is 10.9. The van der Waals surface area contributed by atoms with E-state index in [9.17, 15) is 14.3 Å². The molecule has 4 rings (SSSR count). The number of halogens is 2. The van der Waals surface area contributed by atoms with Gasteiger partial charge in [0.05, 0.1) is 6.54 Å². The van der Waals surface area contributed by atoms with Gasteiger partial charge in [-0.1, -0.05) is 60.1 Å². The van der Waals surface area contributed by atoms with Crippen molar-refractivity contribution >= 4 is 28.5 Å². The zero-order valence-corrected chi connectivity index (χ0v) is 18.5. The van der Waals surface area contributed by atoms with Crippen LogP contribution in [0.5, 0.6) is 0 Å². The third kappa shape index (κ3) is 4.54. The minimum Gasteiger partial charge on any atom is -0.477 e. The molecule has 0 saturated carbocycles. The number of benzene rings is 3. The number of hydrogen-bond donors (Lipinski definition) is 2. The molecule has 4 nitrogen and oxygen atoms in total. The molecule has 6 heteroatoms. The molecule has 3 aromatic carbocycles. The average Bonchev–Trinajstić information content (AvgIpc) is 3.06. The first kappa shape index (κ1) is 22.1. The Labute approximate surface area is 191 Å². The third-order valence-corrected chi connectivity index (χ3v) is 6.01. The molecule has 0 fully saturated rings. The van der Waals surface area contributed by atoms with E-state index in [-0.39, 0.29) is 18.1 Å². The normalized spacial score (nSPS) is 11.2. The van der Waals surface area contributed by atoms with Crippen molar-refractivity contribution in [2.75, 3.05) is 6.54 Å². The lowest BCUT2D eigenvalue weighted by atomic mass is 10.1. The van der Waals surface area contributed by atoms with E-state index in [1.807, 2.05) is 49.4 Å². The number of hydrogen-bond acceptors (Lipinski definition) is 2. The number of nitrogens with one attached hydrogen (secondary N) is 1. The summed E-state index contributed by atoms with van der Waals surface area (Å²) in [5.41, 5.74) is 4.17. The van der Waals surface area contributed by atoms with Crippen LogP contribution in [0.4, 0.5) is 4.39 Å². The predicted molar refractivity (Wildman–Crippen MR) is 126 cm³/mol. The van der Waals surface area contributed by atoms with Crippen molar-refractivity contribution < 1.29 is 14.3 Å². The summed E-state index contributed by atoms with van der Waals surface area (Å²) in [4.78, 5) is 12.3. The van der Waals surface area contributed by atoms with Crippen LogP contribution in [0.1, 0.15) is 32.7 Å². The quantitative estimate of drug-likeness (QED) is 0.332. The van der Waals surface area contributed by atoms with Crippen LogP contribution in [0.25, 0.3) is 10.9 Å². The van der Waals surface area contributed by atoms with Gasteiger partial charge in [0, 0.05) is 33.6 Å². The number of nitrogens with zero attached hydrogens (tertiary/aromatic N) is 1. The van der Waals surface area contributed by atoms with Gasteiger partial charge < -0.3 is 15.0 Å². The number of aromatic nitrogens is 1. The van der Waals surface area contributed by atoms with Crippen molar-refractivity contribution in [2.45, 2.75) is 26.4 Å². The smallest absolute Gasteiger partial charge is 0.352 e. The summed E-state index contributed by atoms with van der Waals surface area (Å²) in [6.07, 6.45) is 0.731. The van der Waals surface area contributed by atoms with Gasteiger partial charge in [0.25, 0.3) is 0 Å². The highest BCUT2D eigenvalue weighted by atomic mass is 35.5. The van der Waals surface area contributed by atoms with Gasteiger partial charge in [0.1, 0.15) is 11.5 Å². The van der Waals surface area contributed by atoms with E-state index in [2.05, 4.69) is 5.32 Å². The van der Waals surface area contributed by atoms with Gasteiger partial charge in [-0.05, 0) is 49.2 Å². The van der Waals surface area contributed by atoms with Crippen LogP contribution in [-0.2, 0) is 19.5 Å². The average molecular weight is 451 g/mol. The van der Waals surface area contributed by atoms with Crippen molar-refractivity contribution in [2.24, 2.45) is 0 Å². The van der Waals surface area contributed by atoms with Gasteiger partial charge in [0.2, 0.25) is 0 Å². The molecule has 0 radical (unpaired) electrons. The summed E-state index contributed by atoms with van der Waals surface area (Å²) in [5.74, 6) is -1.38. The molecule has 32 heavy (non-hydrogen) atoms. The number of rotatable bonds is 8. The molecule has 1 heterocycles. The second-order valence-corrected chi connectivity index (χ2v) is 8.26. The predicted octanol–water partition coefficient (Wildman–Crippen LogP) is 5.82. The Morgan fingerprint density at radius 1 is 1.06 bits per heavy atom. The molecular formula is C26H24ClFN2O2. The Morgan fingerprint density at radius 2 is 1.78 bits per heavy atom. The van der Waals surface area contributed by atoms with Crippen LogP contribution in [0.3, 0.4) is 0 Å². The van der Waals surface area contributed by atoms with Crippen LogP contribution < -0.4 is 5.32 Å². The maximum atomic E-state index is 14.4. The molecule has 2 N–H and O–H groups in total. The Balaban J connectivity index is 1.67. The Bertz CT molecular complexity index is 1280. The number of carbonyl (C=O) groups is 1. The van der Waals surface area contributed by atoms with E-state index >= 15 is 0 Å². The monoisotopic (exact) mass is 450 g/mol. The Morgan fingerprint density at radius 3 is 2.50 bits per heavy atom. The van der Waals surface area contributed by atoms with E-state index in [4.69, 9.17) is 11.6 Å². The van der Waals surface area contributed by atoms with Crippen molar-refractivity contribution in [3.8, 4) is 0 Å². The Hall–Kier alpha value is -3.15. The highest BCUT2D eigenvalue weighted by molar-refractivity contribution is 6.31. The number of carboxylic acids is 1. The number of carboxylic acid groups (broad SMARTS) is 1. The molecule has 0 bridgehead atoms. The molecule has 0 amide bonds. The van der Waals surface area contributed by atoms with Crippen LogP contribution in [0.2, 0.25) is 5.02 Å². The first-order chi connectivity index (χ1) is 15.5. The fourth-order valence-electron chi connectivity index (χ4n) is 4.05. The zero-order valence-electron chi connectivity index (χ0n) is 17.7. The molecule has 0 aliphatic heterocycles. The molecule has 0 atom stereocenters. The second kappa shape index (κ2) is 9.55. The molecule has 0 aliphatic carbocycles. The van der Waals surface area contributed by atoms with Crippen LogP contribution in [0.15, 0.2) is 66.7 Å². The molecule has 0 saturated heterocycles. The van der Waals surface area contributed by atoms with Gasteiger partial charge in [-0.25, -0.2) is 9.18 Å². The van der Waals surface area contributed by atoms with Crippen LogP contribution >= 0.6 is 11.6 Å². The topological polar surface area (TPSA) is 54.3 Å². The molecule has 0 spiro atoms. The fourth-order valence-corrected chi connectivity index (χ4v) is 4.28. The van der Waals surface area contributed by atoms with Gasteiger partial charge in [-0.3, -0.25) is 0 Å². The second-order valence-electron chi connectivity index (χ2n) is 7.85. The summed E-state index contributed by atoms with van der Waals surface area (Å²) in [6.45, 7) is 3.14. The van der Waals surface area contributed by atoms with Gasteiger partial charge in [0.15, 0.2) is 0 Å². The minimum atomic E-state index is -1.03. The molecule has 0 aliphatic rings. The SMILES string of the molecule is Cc1ccc2c(CNCCc3ccccc3Cl)c(C(=O)O)n(Cc3ccccc3F)c2c1. The molecule has 164 valence electrons. The lowest BCUT2D eigenvalue weighted by molar-refractivity contribution is 0.0684. The fraction of sp³-hybridized carbons (Fsp3) is 0.192. The highest BCUT2D eigenvalue weighted by Crippen LogP contribution is 2.29. The molecular weight excluding hydrogens is 427 g/mol. The summed E-state index contributed by atoms with van der Waals surface area (Å²) in [6, 6.07) is 20.0. The van der Waals surface area contributed by atoms with Gasteiger partial charge in [-0.15, -0.1) is 0 Å². The van der Waals surface area contributed by atoms with E-state index in [1.165, 1.54) is 6.07 Å². The van der Waals surface area contributed by atoms with E-state index in [1.54, 1.807) is 22.8 Å². The third-order valence-electron chi connectivity index (χ3n) is 5.64. The lowest BCUT2D eigenvalue weighted by Gasteiger charge is -2.11. The number of fused-ring (bicyclic) bond motifs is 1. The maximum Gasteiger partial charge on any atom is 0.352 e. The molecule has 0 unspecified atom stereocenters. The number of aryl methyl sites for hydroxylation is 1. The summed E-state index contributed by atoms with van der Waals surface area (Å²) < 4.78 is 16.1. The first-order valence-electron chi connectivity index (χ1n) is 10.5. The van der Waals surface area contributed by atoms with E-state index < -0.39 is 5.97 Å². The van der Waals surface area contributed by atoms with Crippen molar-refractivity contribution in [1.82, 2.24) is 9.88 Å². The summed E-state index contributed by atoms with van der Waals surface area (Å²) in [7, 11) is 0. The van der Waals surface area contributed by atoms with Crippen molar-refractivity contribution in [3.05, 3.63) is 106 Å². The largest absolute Gasteiger partial charge is 0.477 e. The lowest BCUT2D eigenvalue weighted by Crippen LogP contribution is -2.19. The Kier molecular flexibility index (Phi) is 6.58. The minimum absolute atomic E-state index is 0.147. The maximum absolute atomic E-state index is 14.4. The van der Waals surface area contributed by atoms with E-state index in [0.717, 1.165) is 33.5 Å². The number of aromatic carboxylic acids is 1. The molecule has 4 aromatic rings. The van der Waals surface area contributed by atoms with Crippen LogP contribution in [0, 0.1) is 12.7 Å². The van der Waals surface area contributed by atoms with Crippen LogP contribution in [-0.4, -0.2) is 22.2 Å². The summed E-state index contributed by atoms with van der Waals surface area (Å²) >= 11 is 6.23.